The van der Waals surface area contributed by atoms with Gasteiger partial charge in [-0.15, -0.1) is 0 Å². The molecule has 1 unspecified atom stereocenters. The first-order chi connectivity index (χ1) is 17.3. The average molecular weight is 493 g/mol. The van der Waals surface area contributed by atoms with Gasteiger partial charge in [0, 0.05) is 48.4 Å². The van der Waals surface area contributed by atoms with Crippen LogP contribution in [0.25, 0.3) is 0 Å². The number of likely N-dealkylation sites (tertiary alicyclic amines) is 2. The van der Waals surface area contributed by atoms with Crippen LogP contribution in [0.2, 0.25) is 0 Å². The normalized spacial score (nSPS) is 17.9. The summed E-state index contributed by atoms with van der Waals surface area (Å²) >= 11 is 0. The van der Waals surface area contributed by atoms with Gasteiger partial charge in [-0.3, -0.25) is 19.2 Å². The van der Waals surface area contributed by atoms with Crippen molar-refractivity contribution in [3.8, 4) is 0 Å². The Morgan fingerprint density at radius 1 is 0.611 bits per heavy atom. The topological polar surface area (TPSA) is 127 Å². The van der Waals surface area contributed by atoms with Crippen molar-refractivity contribution in [3.05, 3.63) is 70.8 Å². The highest BCUT2D eigenvalue weighted by Gasteiger charge is 2.22. The first kappa shape index (κ1) is 26.9. The minimum Gasteiger partial charge on any atom is -0.366 e. The molecule has 1 atom stereocenters. The number of piperidine rings is 1. The predicted octanol–water partition coefficient (Wildman–Crippen LogP) is 3.46. The van der Waals surface area contributed by atoms with Gasteiger partial charge in [-0.05, 0) is 80.1 Å². The Bertz CT molecular complexity index is 990. The molecule has 0 bridgehead atoms. The van der Waals surface area contributed by atoms with Crippen molar-refractivity contribution in [2.24, 2.45) is 17.4 Å². The van der Waals surface area contributed by atoms with Crippen molar-refractivity contribution in [2.75, 3.05) is 26.2 Å². The summed E-state index contributed by atoms with van der Waals surface area (Å²) in [6.07, 6.45) is 6.79. The van der Waals surface area contributed by atoms with Crippen molar-refractivity contribution >= 4 is 23.6 Å². The Kier molecular flexibility index (Phi) is 9.61. The zero-order valence-corrected chi connectivity index (χ0v) is 20.9. The highest BCUT2D eigenvalue weighted by atomic mass is 16.2. The third-order valence-corrected chi connectivity index (χ3v) is 6.67. The number of rotatable bonds is 4. The lowest BCUT2D eigenvalue weighted by atomic mass is 9.99. The minimum atomic E-state index is -0.472. The zero-order valence-electron chi connectivity index (χ0n) is 20.9. The molecule has 4 amide bonds. The molecule has 8 heteroatoms. The van der Waals surface area contributed by atoms with E-state index in [1.807, 2.05) is 9.80 Å². The van der Waals surface area contributed by atoms with Gasteiger partial charge in [0.15, 0.2) is 0 Å². The smallest absolute Gasteiger partial charge is 0.253 e. The van der Waals surface area contributed by atoms with Gasteiger partial charge in [-0.25, -0.2) is 0 Å². The molecule has 36 heavy (non-hydrogen) atoms. The number of primary amides is 2. The molecular weight excluding hydrogens is 456 g/mol. The second-order valence-corrected chi connectivity index (χ2v) is 9.59. The molecule has 0 aliphatic carbocycles. The van der Waals surface area contributed by atoms with Crippen LogP contribution in [0.15, 0.2) is 48.5 Å². The maximum Gasteiger partial charge on any atom is 0.253 e. The molecule has 4 rings (SSSR count). The fourth-order valence-corrected chi connectivity index (χ4v) is 4.57. The Balaban J connectivity index is 0.000000201. The Hall–Kier alpha value is -3.68. The number of carbonyl (C=O) groups is 4. The van der Waals surface area contributed by atoms with E-state index >= 15 is 0 Å². The molecule has 2 fully saturated rings. The van der Waals surface area contributed by atoms with Gasteiger partial charge >= 0.3 is 0 Å². The Labute approximate surface area is 212 Å². The molecule has 2 aromatic rings. The van der Waals surface area contributed by atoms with Crippen LogP contribution in [0.5, 0.6) is 0 Å². The standard InChI is InChI=1S/2C14H18N2O2/c1-10-3-2-8-16(9-10)14(18)12-6-4-11(5-7-12)13(15)17;15-13(17)11-5-7-12(8-6-11)14(18)16-9-3-1-2-4-10-16/h4-7,10H,2-3,8-9H2,1H3,(H2,15,17);5-8H,1-4,9-10H2,(H2,15,17). The number of benzene rings is 2. The molecule has 2 aliphatic rings. The molecule has 2 aliphatic heterocycles. The van der Waals surface area contributed by atoms with E-state index in [1.54, 1.807) is 48.5 Å². The van der Waals surface area contributed by atoms with Crippen molar-refractivity contribution in [2.45, 2.75) is 45.4 Å². The van der Waals surface area contributed by atoms with E-state index in [0.29, 0.717) is 28.2 Å². The predicted molar refractivity (Wildman–Crippen MR) is 139 cm³/mol. The highest BCUT2D eigenvalue weighted by Crippen LogP contribution is 2.18. The second-order valence-electron chi connectivity index (χ2n) is 9.59. The number of amides is 4. The molecule has 4 N–H and O–H groups in total. The summed E-state index contributed by atoms with van der Waals surface area (Å²) in [5.74, 6) is -0.289. The number of nitrogens with zero attached hydrogens (tertiary/aromatic N) is 2. The monoisotopic (exact) mass is 492 g/mol. The van der Waals surface area contributed by atoms with Crippen LogP contribution in [-0.2, 0) is 0 Å². The van der Waals surface area contributed by atoms with E-state index in [-0.39, 0.29) is 11.8 Å². The summed E-state index contributed by atoms with van der Waals surface area (Å²) in [6.45, 7) is 5.46. The van der Waals surface area contributed by atoms with Gasteiger partial charge in [-0.1, -0.05) is 19.8 Å². The average Bonchev–Trinajstić information content (AvgIpc) is 3.18. The second kappa shape index (κ2) is 12.9. The minimum absolute atomic E-state index is 0.0394. The quantitative estimate of drug-likeness (QED) is 0.677. The van der Waals surface area contributed by atoms with Gasteiger partial charge in [0.2, 0.25) is 11.8 Å². The molecule has 8 nitrogen and oxygen atoms in total. The molecule has 2 saturated heterocycles. The fourth-order valence-electron chi connectivity index (χ4n) is 4.57. The summed E-state index contributed by atoms with van der Waals surface area (Å²) < 4.78 is 0. The summed E-state index contributed by atoms with van der Waals surface area (Å²) in [5.41, 5.74) is 12.4. The molecule has 2 aromatic carbocycles. The van der Waals surface area contributed by atoms with Crippen LogP contribution < -0.4 is 11.5 Å². The molecule has 192 valence electrons. The molecule has 0 saturated carbocycles. The summed E-state index contributed by atoms with van der Waals surface area (Å²) in [5, 5.41) is 0. The summed E-state index contributed by atoms with van der Waals surface area (Å²) in [6, 6.07) is 13.1. The number of hydrogen-bond donors (Lipinski definition) is 2. The first-order valence-electron chi connectivity index (χ1n) is 12.6. The van der Waals surface area contributed by atoms with Crippen LogP contribution in [0, 0.1) is 5.92 Å². The largest absolute Gasteiger partial charge is 0.366 e. The number of nitrogens with two attached hydrogens (primary N) is 2. The van der Waals surface area contributed by atoms with Crippen LogP contribution in [0.4, 0.5) is 0 Å². The fraction of sp³-hybridized carbons (Fsp3) is 0.429. The van der Waals surface area contributed by atoms with E-state index in [0.717, 1.165) is 45.4 Å². The van der Waals surface area contributed by atoms with E-state index < -0.39 is 11.8 Å². The van der Waals surface area contributed by atoms with Crippen molar-refractivity contribution < 1.29 is 19.2 Å². The lowest BCUT2D eigenvalue weighted by Crippen LogP contribution is -2.39. The zero-order chi connectivity index (χ0) is 26.1. The van der Waals surface area contributed by atoms with Crippen molar-refractivity contribution in [1.29, 1.82) is 0 Å². The van der Waals surface area contributed by atoms with Gasteiger partial charge < -0.3 is 21.3 Å². The summed E-state index contributed by atoms with van der Waals surface area (Å²) in [7, 11) is 0. The molecule has 2 heterocycles. The van der Waals surface area contributed by atoms with Crippen molar-refractivity contribution in [1.82, 2.24) is 9.80 Å². The Morgan fingerprint density at radius 3 is 1.42 bits per heavy atom. The van der Waals surface area contributed by atoms with Crippen molar-refractivity contribution in [3.63, 3.8) is 0 Å². The van der Waals surface area contributed by atoms with E-state index in [2.05, 4.69) is 6.92 Å². The number of hydrogen-bond acceptors (Lipinski definition) is 4. The highest BCUT2D eigenvalue weighted by molar-refractivity contribution is 5.98. The first-order valence-corrected chi connectivity index (χ1v) is 12.6. The Morgan fingerprint density at radius 2 is 1.00 bits per heavy atom. The summed E-state index contributed by atoms with van der Waals surface area (Å²) in [4.78, 5) is 50.2. The van der Waals surface area contributed by atoms with E-state index in [4.69, 9.17) is 11.5 Å². The van der Waals surface area contributed by atoms with Gasteiger partial charge in [0.25, 0.3) is 11.8 Å². The number of carbonyl (C=O) groups excluding carboxylic acids is 4. The van der Waals surface area contributed by atoms with E-state index in [9.17, 15) is 19.2 Å². The van der Waals surface area contributed by atoms with Crippen LogP contribution in [-0.4, -0.2) is 59.6 Å². The van der Waals surface area contributed by atoms with Crippen LogP contribution in [0.1, 0.15) is 86.9 Å². The lowest BCUT2D eigenvalue weighted by molar-refractivity contribution is 0.0682. The third kappa shape index (κ3) is 7.41. The third-order valence-electron chi connectivity index (χ3n) is 6.67. The van der Waals surface area contributed by atoms with Gasteiger partial charge in [0.1, 0.15) is 0 Å². The maximum atomic E-state index is 12.2. The van der Waals surface area contributed by atoms with Gasteiger partial charge in [0.05, 0.1) is 0 Å². The molecule has 0 radical (unpaired) electrons. The molecule has 0 spiro atoms. The van der Waals surface area contributed by atoms with Crippen LogP contribution in [0.3, 0.4) is 0 Å². The maximum absolute atomic E-state index is 12.2. The van der Waals surface area contributed by atoms with Gasteiger partial charge in [-0.2, -0.15) is 0 Å². The van der Waals surface area contributed by atoms with Crippen LogP contribution >= 0.6 is 0 Å². The molecule has 0 aromatic heterocycles. The molecular formula is C28H36N4O4. The van der Waals surface area contributed by atoms with E-state index in [1.165, 1.54) is 19.3 Å². The lowest BCUT2D eigenvalue weighted by Gasteiger charge is -2.31. The SMILES string of the molecule is CC1CCCN(C(=O)c2ccc(C(N)=O)cc2)C1.NC(=O)c1ccc(C(=O)N2CCCCCC2)cc1.